The second kappa shape index (κ2) is 4.89. The summed E-state index contributed by atoms with van der Waals surface area (Å²) in [4.78, 5) is 35.1. The molecular weight excluding hydrogens is 266 g/mol. The van der Waals surface area contributed by atoms with Crippen molar-refractivity contribution in [3.8, 4) is 0 Å². The van der Waals surface area contributed by atoms with Gasteiger partial charge in [0, 0.05) is 12.1 Å². The lowest BCUT2D eigenvalue weighted by Gasteiger charge is -2.21. The van der Waals surface area contributed by atoms with Gasteiger partial charge in [-0.05, 0) is 12.5 Å². The number of imide groups is 1. The van der Waals surface area contributed by atoms with Gasteiger partial charge in [0.1, 0.15) is 5.54 Å². The summed E-state index contributed by atoms with van der Waals surface area (Å²) in [5, 5.41) is 22.1. The minimum Gasteiger partial charge on any atom is -0.395 e. The molecule has 0 radical (unpaired) electrons. The molecule has 20 heavy (non-hydrogen) atoms. The number of hydrogen-bond acceptors (Lipinski definition) is 5. The fourth-order valence-corrected chi connectivity index (χ4v) is 2.13. The summed E-state index contributed by atoms with van der Waals surface area (Å²) in [5.74, 6) is -0.544. The maximum absolute atomic E-state index is 12.3. The van der Waals surface area contributed by atoms with E-state index in [-0.39, 0.29) is 18.8 Å². The van der Waals surface area contributed by atoms with Crippen molar-refractivity contribution in [2.24, 2.45) is 0 Å². The zero-order valence-corrected chi connectivity index (χ0v) is 10.7. The molecule has 1 unspecified atom stereocenters. The van der Waals surface area contributed by atoms with Gasteiger partial charge in [0.25, 0.3) is 11.6 Å². The quantitative estimate of drug-likeness (QED) is 0.469. The molecule has 1 atom stereocenters. The van der Waals surface area contributed by atoms with Gasteiger partial charge in [-0.2, -0.15) is 0 Å². The van der Waals surface area contributed by atoms with Crippen molar-refractivity contribution in [1.82, 2.24) is 10.2 Å². The number of amides is 3. The van der Waals surface area contributed by atoms with Gasteiger partial charge in [-0.15, -0.1) is 0 Å². The van der Waals surface area contributed by atoms with E-state index in [1.54, 1.807) is 0 Å². The summed E-state index contributed by atoms with van der Waals surface area (Å²) >= 11 is 0. The number of carbonyl (C=O) groups is 2. The maximum atomic E-state index is 12.3. The van der Waals surface area contributed by atoms with E-state index in [0.29, 0.717) is 5.56 Å². The lowest BCUT2D eigenvalue weighted by molar-refractivity contribution is -0.385. The van der Waals surface area contributed by atoms with E-state index >= 15 is 0 Å². The lowest BCUT2D eigenvalue weighted by atomic mass is 9.91. The number of benzene rings is 1. The second-order valence-electron chi connectivity index (χ2n) is 4.54. The van der Waals surface area contributed by atoms with Crippen LogP contribution in [0.4, 0.5) is 10.5 Å². The fourth-order valence-electron chi connectivity index (χ4n) is 2.13. The molecule has 1 saturated heterocycles. The minimum absolute atomic E-state index is 0.116. The number of nitro benzene ring substituents is 1. The highest BCUT2D eigenvalue weighted by Crippen LogP contribution is 2.30. The van der Waals surface area contributed by atoms with Crippen LogP contribution in [0.2, 0.25) is 0 Å². The first kappa shape index (κ1) is 13.9. The topological polar surface area (TPSA) is 113 Å². The standard InChI is InChI=1S/C12H13N3O5/c1-12(8-3-2-4-9(7-8)15(19)20)10(17)14(5-6-16)11(18)13-12/h2-4,7,16H,5-6H2,1H3,(H,13,18). The Balaban J connectivity index is 2.41. The van der Waals surface area contributed by atoms with Gasteiger partial charge in [-0.3, -0.25) is 19.8 Å². The number of aliphatic hydroxyl groups is 1. The number of non-ortho nitro benzene ring substituents is 1. The van der Waals surface area contributed by atoms with Crippen LogP contribution in [0.25, 0.3) is 0 Å². The van der Waals surface area contributed by atoms with Gasteiger partial charge in [-0.25, -0.2) is 4.79 Å². The van der Waals surface area contributed by atoms with E-state index in [1.807, 2.05) is 0 Å². The molecule has 106 valence electrons. The van der Waals surface area contributed by atoms with Gasteiger partial charge in [-0.1, -0.05) is 12.1 Å². The van der Waals surface area contributed by atoms with Crippen LogP contribution < -0.4 is 5.32 Å². The smallest absolute Gasteiger partial charge is 0.325 e. The third-order valence-electron chi connectivity index (χ3n) is 3.23. The monoisotopic (exact) mass is 279 g/mol. The molecule has 1 heterocycles. The van der Waals surface area contributed by atoms with E-state index in [9.17, 15) is 19.7 Å². The molecule has 1 aliphatic rings. The van der Waals surface area contributed by atoms with Crippen LogP contribution in [0.3, 0.4) is 0 Å². The average Bonchev–Trinajstić information content (AvgIpc) is 2.64. The van der Waals surface area contributed by atoms with E-state index in [1.165, 1.54) is 31.2 Å². The summed E-state index contributed by atoms with van der Waals surface area (Å²) in [7, 11) is 0. The summed E-state index contributed by atoms with van der Waals surface area (Å²) in [6, 6.07) is 4.92. The Morgan fingerprint density at radius 2 is 2.15 bits per heavy atom. The molecule has 1 aromatic rings. The number of nitrogens with one attached hydrogen (secondary N) is 1. The lowest BCUT2D eigenvalue weighted by Crippen LogP contribution is -2.41. The van der Waals surface area contributed by atoms with Crippen molar-refractivity contribution in [2.45, 2.75) is 12.5 Å². The number of hydrogen-bond donors (Lipinski definition) is 2. The van der Waals surface area contributed by atoms with Gasteiger partial charge >= 0.3 is 6.03 Å². The zero-order valence-electron chi connectivity index (χ0n) is 10.7. The first-order valence-electron chi connectivity index (χ1n) is 5.90. The minimum atomic E-state index is -1.36. The Labute approximate surface area is 114 Å². The Morgan fingerprint density at radius 1 is 1.45 bits per heavy atom. The molecule has 0 spiro atoms. The van der Waals surface area contributed by atoms with E-state index in [0.717, 1.165) is 4.90 Å². The molecular formula is C12H13N3O5. The van der Waals surface area contributed by atoms with Crippen molar-refractivity contribution < 1.29 is 19.6 Å². The Kier molecular flexibility index (Phi) is 3.41. The molecule has 3 amide bonds. The molecule has 1 fully saturated rings. The molecule has 0 bridgehead atoms. The first-order chi connectivity index (χ1) is 9.40. The number of aliphatic hydroxyl groups excluding tert-OH is 1. The van der Waals surface area contributed by atoms with E-state index in [2.05, 4.69) is 5.32 Å². The predicted octanol–water partition coefficient (Wildman–Crippen LogP) is 0.354. The van der Waals surface area contributed by atoms with Crippen LogP contribution >= 0.6 is 0 Å². The molecule has 0 aliphatic carbocycles. The molecule has 8 heteroatoms. The second-order valence-corrected chi connectivity index (χ2v) is 4.54. The van der Waals surface area contributed by atoms with Crippen LogP contribution in [-0.2, 0) is 10.3 Å². The molecule has 1 aliphatic heterocycles. The van der Waals surface area contributed by atoms with Crippen LogP contribution in [0.15, 0.2) is 24.3 Å². The molecule has 2 N–H and O–H groups in total. The highest BCUT2D eigenvalue weighted by molar-refractivity contribution is 6.07. The summed E-state index contributed by atoms with van der Waals surface area (Å²) in [5.41, 5.74) is -1.20. The third kappa shape index (κ3) is 2.10. The largest absolute Gasteiger partial charge is 0.395 e. The highest BCUT2D eigenvalue weighted by Gasteiger charge is 2.49. The number of urea groups is 1. The summed E-state index contributed by atoms with van der Waals surface area (Å²) in [6.45, 7) is 1.02. The van der Waals surface area contributed by atoms with Crippen LogP contribution in [-0.4, -0.2) is 40.0 Å². The van der Waals surface area contributed by atoms with Crippen molar-refractivity contribution in [3.63, 3.8) is 0 Å². The van der Waals surface area contributed by atoms with Crippen LogP contribution in [0.1, 0.15) is 12.5 Å². The van der Waals surface area contributed by atoms with Crippen molar-refractivity contribution in [3.05, 3.63) is 39.9 Å². The van der Waals surface area contributed by atoms with Crippen LogP contribution in [0, 0.1) is 10.1 Å². The first-order valence-corrected chi connectivity index (χ1v) is 5.90. The van der Waals surface area contributed by atoms with E-state index < -0.39 is 22.4 Å². The number of rotatable bonds is 4. The molecule has 0 aromatic heterocycles. The Bertz CT molecular complexity index is 588. The number of β-amino-alcohol motifs (C(OH)–C–C–N with tert-alkyl or cyclic N) is 1. The average molecular weight is 279 g/mol. The number of nitrogens with zero attached hydrogens (tertiary/aromatic N) is 2. The summed E-state index contributed by atoms with van der Waals surface area (Å²) < 4.78 is 0. The fraction of sp³-hybridized carbons (Fsp3) is 0.333. The van der Waals surface area contributed by atoms with Crippen molar-refractivity contribution in [1.29, 1.82) is 0 Å². The molecule has 8 nitrogen and oxygen atoms in total. The van der Waals surface area contributed by atoms with Gasteiger partial charge in [0.15, 0.2) is 0 Å². The van der Waals surface area contributed by atoms with Crippen LogP contribution in [0.5, 0.6) is 0 Å². The molecule has 2 rings (SSSR count). The Morgan fingerprint density at radius 3 is 2.75 bits per heavy atom. The summed E-state index contributed by atoms with van der Waals surface area (Å²) in [6.07, 6.45) is 0. The predicted molar refractivity (Wildman–Crippen MR) is 67.8 cm³/mol. The number of nitro groups is 1. The van der Waals surface area contributed by atoms with Crippen molar-refractivity contribution in [2.75, 3.05) is 13.2 Å². The maximum Gasteiger partial charge on any atom is 0.325 e. The third-order valence-corrected chi connectivity index (χ3v) is 3.23. The normalized spacial score (nSPS) is 22.0. The highest BCUT2D eigenvalue weighted by atomic mass is 16.6. The van der Waals surface area contributed by atoms with Gasteiger partial charge in [0.05, 0.1) is 18.1 Å². The SMILES string of the molecule is CC1(c2cccc([N+](=O)[O-])c2)NC(=O)N(CCO)C1=O. The molecule has 0 saturated carbocycles. The van der Waals surface area contributed by atoms with E-state index in [4.69, 9.17) is 5.11 Å². The number of carbonyl (C=O) groups excluding carboxylic acids is 2. The zero-order chi connectivity index (χ0) is 14.9. The van der Waals surface area contributed by atoms with Crippen molar-refractivity contribution >= 4 is 17.6 Å². The Hall–Kier alpha value is -2.48. The van der Waals surface area contributed by atoms with Gasteiger partial charge in [0.2, 0.25) is 0 Å². The molecule has 1 aromatic carbocycles. The van der Waals surface area contributed by atoms with Gasteiger partial charge < -0.3 is 10.4 Å².